The molecule has 1 aromatic rings. The highest BCUT2D eigenvalue weighted by Crippen LogP contribution is 2.40. The predicted molar refractivity (Wildman–Crippen MR) is 71.7 cm³/mol. The van der Waals surface area contributed by atoms with Crippen LogP contribution in [0.15, 0.2) is 18.2 Å². The van der Waals surface area contributed by atoms with Crippen LogP contribution in [0.2, 0.25) is 0 Å². The molecular formula is C14H19ClO3. The standard InChI is InChI=1S/C14H19ClO3/c1-9-6-7-18-14(9)13(15)11-5-4-10(16-2)8-12(11)17-3/h4-5,8-9,13-14H,6-7H2,1-3H3. The number of methoxy groups -OCH3 is 2. The Kier molecular flexibility index (Phi) is 4.36. The van der Waals surface area contributed by atoms with Crippen LogP contribution in [0, 0.1) is 5.92 Å². The minimum absolute atomic E-state index is 0.0500. The van der Waals surface area contributed by atoms with Gasteiger partial charge < -0.3 is 14.2 Å². The van der Waals surface area contributed by atoms with Crippen LogP contribution in [0.1, 0.15) is 24.3 Å². The largest absolute Gasteiger partial charge is 0.497 e. The molecule has 0 amide bonds. The van der Waals surface area contributed by atoms with E-state index in [4.69, 9.17) is 25.8 Å². The molecule has 4 heteroatoms. The average molecular weight is 271 g/mol. The second kappa shape index (κ2) is 5.81. The lowest BCUT2D eigenvalue weighted by Crippen LogP contribution is -2.20. The third-order valence-electron chi connectivity index (χ3n) is 3.47. The minimum Gasteiger partial charge on any atom is -0.497 e. The summed E-state index contributed by atoms with van der Waals surface area (Å²) in [5, 5.41) is -0.191. The van der Waals surface area contributed by atoms with Gasteiger partial charge in [0.15, 0.2) is 0 Å². The Morgan fingerprint density at radius 2 is 2.11 bits per heavy atom. The van der Waals surface area contributed by atoms with E-state index < -0.39 is 0 Å². The molecule has 1 fully saturated rings. The maximum absolute atomic E-state index is 6.54. The van der Waals surface area contributed by atoms with E-state index >= 15 is 0 Å². The second-order valence-electron chi connectivity index (χ2n) is 4.61. The van der Waals surface area contributed by atoms with E-state index in [-0.39, 0.29) is 11.5 Å². The van der Waals surface area contributed by atoms with Gasteiger partial charge in [-0.2, -0.15) is 0 Å². The van der Waals surface area contributed by atoms with Crippen molar-refractivity contribution in [2.24, 2.45) is 5.92 Å². The summed E-state index contributed by atoms with van der Waals surface area (Å²) < 4.78 is 16.3. The van der Waals surface area contributed by atoms with Crippen LogP contribution in [0.4, 0.5) is 0 Å². The molecule has 0 aliphatic carbocycles. The highest BCUT2D eigenvalue weighted by Gasteiger charge is 2.33. The minimum atomic E-state index is -0.191. The number of hydrogen-bond acceptors (Lipinski definition) is 3. The molecule has 3 unspecified atom stereocenters. The van der Waals surface area contributed by atoms with Gasteiger partial charge in [-0.15, -0.1) is 11.6 Å². The van der Waals surface area contributed by atoms with Crippen LogP contribution >= 0.6 is 11.6 Å². The molecule has 1 aliphatic rings. The van der Waals surface area contributed by atoms with Crippen molar-refractivity contribution >= 4 is 11.6 Å². The van der Waals surface area contributed by atoms with Gasteiger partial charge in [-0.25, -0.2) is 0 Å². The summed E-state index contributed by atoms with van der Waals surface area (Å²) in [6.45, 7) is 2.95. The van der Waals surface area contributed by atoms with Gasteiger partial charge in [-0.3, -0.25) is 0 Å². The average Bonchev–Trinajstić information content (AvgIpc) is 2.83. The molecule has 0 radical (unpaired) electrons. The smallest absolute Gasteiger partial charge is 0.127 e. The van der Waals surface area contributed by atoms with E-state index in [0.29, 0.717) is 5.92 Å². The molecule has 18 heavy (non-hydrogen) atoms. The first-order valence-electron chi connectivity index (χ1n) is 6.15. The molecule has 3 nitrogen and oxygen atoms in total. The first-order chi connectivity index (χ1) is 8.67. The lowest BCUT2D eigenvalue weighted by Gasteiger charge is -2.22. The van der Waals surface area contributed by atoms with Crippen molar-refractivity contribution in [3.8, 4) is 11.5 Å². The molecule has 1 aromatic carbocycles. The normalized spacial score (nSPS) is 24.9. The van der Waals surface area contributed by atoms with E-state index in [1.165, 1.54) is 0 Å². The zero-order chi connectivity index (χ0) is 13.1. The van der Waals surface area contributed by atoms with Crippen molar-refractivity contribution in [2.75, 3.05) is 20.8 Å². The zero-order valence-electron chi connectivity index (χ0n) is 11.0. The lowest BCUT2D eigenvalue weighted by molar-refractivity contribution is 0.0897. The summed E-state index contributed by atoms with van der Waals surface area (Å²) in [6.07, 6.45) is 1.11. The molecule has 0 aromatic heterocycles. The Morgan fingerprint density at radius 1 is 1.33 bits per heavy atom. The van der Waals surface area contributed by atoms with Crippen LogP contribution in [0.25, 0.3) is 0 Å². The fourth-order valence-corrected chi connectivity index (χ4v) is 2.82. The fourth-order valence-electron chi connectivity index (χ4n) is 2.31. The first-order valence-corrected chi connectivity index (χ1v) is 6.58. The van der Waals surface area contributed by atoms with Gasteiger partial charge in [0.05, 0.1) is 25.7 Å². The molecule has 100 valence electrons. The number of hydrogen-bond donors (Lipinski definition) is 0. The lowest BCUT2D eigenvalue weighted by atomic mass is 9.96. The van der Waals surface area contributed by atoms with Gasteiger partial charge in [0.25, 0.3) is 0 Å². The molecule has 0 saturated carbocycles. The van der Waals surface area contributed by atoms with Gasteiger partial charge in [0, 0.05) is 18.2 Å². The molecule has 1 heterocycles. The van der Waals surface area contributed by atoms with Crippen molar-refractivity contribution in [1.29, 1.82) is 0 Å². The SMILES string of the molecule is COc1ccc(C(Cl)C2OCCC2C)c(OC)c1. The Balaban J connectivity index is 2.26. The second-order valence-corrected chi connectivity index (χ2v) is 5.08. The topological polar surface area (TPSA) is 27.7 Å². The van der Waals surface area contributed by atoms with Crippen molar-refractivity contribution in [3.63, 3.8) is 0 Å². The van der Waals surface area contributed by atoms with Crippen LogP contribution < -0.4 is 9.47 Å². The molecule has 0 N–H and O–H groups in total. The van der Waals surface area contributed by atoms with E-state index in [1.807, 2.05) is 18.2 Å². The van der Waals surface area contributed by atoms with E-state index in [0.717, 1.165) is 30.1 Å². The number of ether oxygens (including phenoxy) is 3. The Hall–Kier alpha value is -0.930. The molecular weight excluding hydrogens is 252 g/mol. The van der Waals surface area contributed by atoms with Crippen LogP contribution in [-0.2, 0) is 4.74 Å². The summed E-state index contributed by atoms with van der Waals surface area (Å²) in [4.78, 5) is 0. The summed E-state index contributed by atoms with van der Waals surface area (Å²) in [5.74, 6) is 1.98. The highest BCUT2D eigenvalue weighted by atomic mass is 35.5. The maximum atomic E-state index is 6.54. The van der Waals surface area contributed by atoms with Crippen LogP contribution in [0.3, 0.4) is 0 Å². The molecule has 2 rings (SSSR count). The van der Waals surface area contributed by atoms with Crippen molar-refractivity contribution < 1.29 is 14.2 Å². The number of halogens is 1. The summed E-state index contributed by atoms with van der Waals surface area (Å²) in [6, 6.07) is 5.70. The summed E-state index contributed by atoms with van der Waals surface area (Å²) >= 11 is 6.54. The van der Waals surface area contributed by atoms with Crippen LogP contribution in [-0.4, -0.2) is 26.9 Å². The first kappa shape index (κ1) is 13.5. The quantitative estimate of drug-likeness (QED) is 0.785. The van der Waals surface area contributed by atoms with Gasteiger partial charge in [0.2, 0.25) is 0 Å². The summed E-state index contributed by atoms with van der Waals surface area (Å²) in [5.41, 5.74) is 0.957. The van der Waals surface area contributed by atoms with Gasteiger partial charge >= 0.3 is 0 Å². The zero-order valence-corrected chi connectivity index (χ0v) is 11.7. The molecule has 1 saturated heterocycles. The Bertz CT molecular complexity index is 408. The van der Waals surface area contributed by atoms with Gasteiger partial charge in [-0.1, -0.05) is 13.0 Å². The Morgan fingerprint density at radius 3 is 2.67 bits per heavy atom. The maximum Gasteiger partial charge on any atom is 0.127 e. The molecule has 1 aliphatic heterocycles. The third kappa shape index (κ3) is 2.57. The monoisotopic (exact) mass is 270 g/mol. The third-order valence-corrected chi connectivity index (χ3v) is 3.95. The van der Waals surface area contributed by atoms with Crippen molar-refractivity contribution in [2.45, 2.75) is 24.8 Å². The number of benzene rings is 1. The molecule has 0 bridgehead atoms. The van der Waals surface area contributed by atoms with Crippen molar-refractivity contribution in [3.05, 3.63) is 23.8 Å². The van der Waals surface area contributed by atoms with Crippen molar-refractivity contribution in [1.82, 2.24) is 0 Å². The van der Waals surface area contributed by atoms with Gasteiger partial charge in [0.1, 0.15) is 11.5 Å². The molecule has 3 atom stereocenters. The molecule has 0 spiro atoms. The highest BCUT2D eigenvalue weighted by molar-refractivity contribution is 6.21. The fraction of sp³-hybridized carbons (Fsp3) is 0.571. The number of rotatable bonds is 4. The number of alkyl halides is 1. The Labute approximate surface area is 113 Å². The van der Waals surface area contributed by atoms with E-state index in [1.54, 1.807) is 14.2 Å². The predicted octanol–water partition coefficient (Wildman–Crippen LogP) is 3.41. The van der Waals surface area contributed by atoms with E-state index in [2.05, 4.69) is 6.92 Å². The van der Waals surface area contributed by atoms with Crippen LogP contribution in [0.5, 0.6) is 11.5 Å². The van der Waals surface area contributed by atoms with Gasteiger partial charge in [-0.05, 0) is 18.4 Å². The van der Waals surface area contributed by atoms with E-state index in [9.17, 15) is 0 Å². The summed E-state index contributed by atoms with van der Waals surface area (Å²) in [7, 11) is 3.27.